The summed E-state index contributed by atoms with van der Waals surface area (Å²) < 4.78 is 0. The average Bonchev–Trinajstić information content (AvgIpc) is 2.27. The van der Waals surface area contributed by atoms with E-state index in [1.165, 1.54) is 17.3 Å². The summed E-state index contributed by atoms with van der Waals surface area (Å²) in [7, 11) is 2.10. The summed E-state index contributed by atoms with van der Waals surface area (Å²) >= 11 is 1.49. The molecule has 0 radical (unpaired) electrons. The lowest BCUT2D eigenvalue weighted by Gasteiger charge is -2.27. The van der Waals surface area contributed by atoms with Gasteiger partial charge >= 0.3 is 0 Å². The van der Waals surface area contributed by atoms with Gasteiger partial charge in [0.15, 0.2) is 0 Å². The van der Waals surface area contributed by atoms with Gasteiger partial charge in [-0.1, -0.05) is 11.8 Å². The lowest BCUT2D eigenvalue weighted by molar-refractivity contribution is -0.106. The summed E-state index contributed by atoms with van der Waals surface area (Å²) in [6.07, 6.45) is 2.95. The monoisotopic (exact) mass is 169 g/mol. The number of carbonyl (C=O) groups excluding carboxylic acids is 1. The van der Waals surface area contributed by atoms with E-state index in [4.69, 9.17) is 0 Å². The first-order valence-electron chi connectivity index (χ1n) is 3.85. The van der Waals surface area contributed by atoms with Gasteiger partial charge in [0.05, 0.1) is 0 Å². The van der Waals surface area contributed by atoms with Gasteiger partial charge in [0.25, 0.3) is 0 Å². The van der Waals surface area contributed by atoms with Crippen LogP contribution in [0.4, 0.5) is 0 Å². The van der Waals surface area contributed by atoms with E-state index < -0.39 is 0 Å². The molecule has 0 aromatic carbocycles. The van der Waals surface area contributed by atoms with Gasteiger partial charge in [-0.15, -0.1) is 0 Å². The quantitative estimate of drug-likeness (QED) is 0.537. The Labute approximate surface area is 70.6 Å². The van der Waals surface area contributed by atoms with Crippen LogP contribution in [-0.2, 0) is 4.79 Å². The van der Waals surface area contributed by atoms with Crippen LogP contribution in [-0.4, -0.2) is 35.4 Å². The molecule has 0 amide bonds. The van der Waals surface area contributed by atoms with E-state index >= 15 is 0 Å². The number of hydrogen-bond acceptors (Lipinski definition) is 3. The maximum Gasteiger partial charge on any atom is 0.212 e. The SMILES string of the molecule is CN1CCC2SC(=O)C=C2C1. The van der Waals surface area contributed by atoms with Gasteiger partial charge in [-0.3, -0.25) is 4.79 Å². The number of likely N-dealkylation sites (N-methyl/N-ethyl adjacent to an activating group) is 1. The molecule has 0 bridgehead atoms. The average molecular weight is 169 g/mol. The van der Waals surface area contributed by atoms with E-state index in [1.807, 2.05) is 6.08 Å². The van der Waals surface area contributed by atoms with Crippen LogP contribution in [0.1, 0.15) is 6.42 Å². The number of carbonyl (C=O) groups is 1. The molecule has 2 rings (SSSR count). The van der Waals surface area contributed by atoms with Crippen LogP contribution in [0.15, 0.2) is 11.6 Å². The molecule has 0 N–H and O–H groups in total. The smallest absolute Gasteiger partial charge is 0.212 e. The van der Waals surface area contributed by atoms with E-state index in [-0.39, 0.29) is 5.12 Å². The molecule has 0 spiro atoms. The van der Waals surface area contributed by atoms with Crippen LogP contribution in [0, 0.1) is 0 Å². The number of rotatable bonds is 0. The molecule has 1 fully saturated rings. The van der Waals surface area contributed by atoms with Gasteiger partial charge in [0.1, 0.15) is 0 Å². The van der Waals surface area contributed by atoms with Crippen molar-refractivity contribution in [3.05, 3.63) is 11.6 Å². The van der Waals surface area contributed by atoms with Crippen LogP contribution >= 0.6 is 11.8 Å². The van der Waals surface area contributed by atoms with Gasteiger partial charge in [0.2, 0.25) is 5.12 Å². The highest BCUT2D eigenvalue weighted by Gasteiger charge is 2.29. The van der Waals surface area contributed by atoms with Gasteiger partial charge in [-0.2, -0.15) is 0 Å². The number of thioether (sulfide) groups is 1. The third-order valence-electron chi connectivity index (χ3n) is 2.20. The van der Waals surface area contributed by atoms with Crippen molar-refractivity contribution in [3.63, 3.8) is 0 Å². The third-order valence-corrected chi connectivity index (χ3v) is 3.37. The first-order valence-corrected chi connectivity index (χ1v) is 4.73. The molecular formula is C8H11NOS. The van der Waals surface area contributed by atoms with Crippen molar-refractivity contribution >= 4 is 16.9 Å². The third kappa shape index (κ3) is 1.35. The van der Waals surface area contributed by atoms with Crippen LogP contribution in [0.3, 0.4) is 0 Å². The first-order chi connectivity index (χ1) is 5.25. The Balaban J connectivity index is 2.15. The number of likely N-dealkylation sites (tertiary alicyclic amines) is 1. The van der Waals surface area contributed by atoms with E-state index in [0.717, 1.165) is 19.5 Å². The topological polar surface area (TPSA) is 20.3 Å². The Morgan fingerprint density at radius 3 is 3.36 bits per heavy atom. The predicted octanol–water partition coefficient (Wildman–Crippen LogP) is 0.890. The Bertz CT molecular complexity index is 224. The molecule has 1 atom stereocenters. The molecule has 2 nitrogen and oxygen atoms in total. The maximum atomic E-state index is 11.0. The fraction of sp³-hybridized carbons (Fsp3) is 0.625. The second-order valence-electron chi connectivity index (χ2n) is 3.17. The zero-order valence-corrected chi connectivity index (χ0v) is 7.36. The number of fused-ring (bicyclic) bond motifs is 1. The molecule has 0 saturated carbocycles. The van der Waals surface area contributed by atoms with Crippen molar-refractivity contribution in [2.45, 2.75) is 11.7 Å². The van der Waals surface area contributed by atoms with E-state index in [1.54, 1.807) is 0 Å². The van der Waals surface area contributed by atoms with E-state index in [0.29, 0.717) is 5.25 Å². The molecule has 2 aliphatic rings. The molecule has 60 valence electrons. The molecule has 2 heterocycles. The van der Waals surface area contributed by atoms with Crippen LogP contribution in [0.2, 0.25) is 0 Å². The largest absolute Gasteiger partial charge is 0.302 e. The molecule has 1 saturated heterocycles. The summed E-state index contributed by atoms with van der Waals surface area (Å²) in [5.74, 6) is 0. The minimum absolute atomic E-state index is 0.250. The van der Waals surface area contributed by atoms with Crippen LogP contribution in [0.5, 0.6) is 0 Å². The van der Waals surface area contributed by atoms with Crippen LogP contribution in [0.25, 0.3) is 0 Å². The Kier molecular flexibility index (Phi) is 1.77. The summed E-state index contributed by atoms with van der Waals surface area (Å²) in [6, 6.07) is 0. The summed E-state index contributed by atoms with van der Waals surface area (Å²) in [5, 5.41) is 0.763. The van der Waals surface area contributed by atoms with Crippen molar-refractivity contribution in [2.75, 3.05) is 20.1 Å². The van der Waals surface area contributed by atoms with Gasteiger partial charge in [-0.05, 0) is 31.7 Å². The molecule has 1 unspecified atom stereocenters. The molecule has 0 aromatic heterocycles. The highest BCUT2D eigenvalue weighted by Crippen LogP contribution is 2.33. The Morgan fingerprint density at radius 2 is 2.55 bits per heavy atom. The van der Waals surface area contributed by atoms with Gasteiger partial charge in [-0.25, -0.2) is 0 Å². The van der Waals surface area contributed by atoms with E-state index in [2.05, 4.69) is 11.9 Å². The standard InChI is InChI=1S/C8H11NOS/c1-9-3-2-7-6(5-9)4-8(10)11-7/h4,7H,2-3,5H2,1H3. The Morgan fingerprint density at radius 1 is 1.73 bits per heavy atom. The van der Waals surface area contributed by atoms with Gasteiger partial charge in [0, 0.05) is 11.8 Å². The zero-order chi connectivity index (χ0) is 7.84. The van der Waals surface area contributed by atoms with Crippen LogP contribution < -0.4 is 0 Å². The summed E-state index contributed by atoms with van der Waals surface area (Å²) in [4.78, 5) is 13.2. The lowest BCUT2D eigenvalue weighted by atomic mass is 10.1. The van der Waals surface area contributed by atoms with Crippen molar-refractivity contribution in [1.29, 1.82) is 0 Å². The number of piperidine rings is 1. The summed E-state index contributed by atoms with van der Waals surface area (Å²) in [6.45, 7) is 2.12. The van der Waals surface area contributed by atoms with E-state index in [9.17, 15) is 4.79 Å². The predicted molar refractivity (Wildman–Crippen MR) is 46.6 cm³/mol. The number of nitrogens with zero attached hydrogens (tertiary/aromatic N) is 1. The second kappa shape index (κ2) is 2.64. The minimum atomic E-state index is 0.250. The maximum absolute atomic E-state index is 11.0. The lowest BCUT2D eigenvalue weighted by Crippen LogP contribution is -2.32. The molecule has 11 heavy (non-hydrogen) atoms. The van der Waals surface area contributed by atoms with Crippen molar-refractivity contribution in [3.8, 4) is 0 Å². The van der Waals surface area contributed by atoms with Gasteiger partial charge < -0.3 is 4.90 Å². The fourth-order valence-electron chi connectivity index (χ4n) is 1.61. The summed E-state index contributed by atoms with van der Waals surface area (Å²) in [5.41, 5.74) is 1.33. The molecule has 0 aromatic rings. The number of hydrogen-bond donors (Lipinski definition) is 0. The normalized spacial score (nSPS) is 31.9. The zero-order valence-electron chi connectivity index (χ0n) is 6.54. The molecule has 3 heteroatoms. The molecule has 0 aliphatic carbocycles. The second-order valence-corrected chi connectivity index (χ2v) is 4.38. The minimum Gasteiger partial charge on any atom is -0.302 e. The molecular weight excluding hydrogens is 158 g/mol. The van der Waals surface area contributed by atoms with Crippen molar-refractivity contribution in [1.82, 2.24) is 4.90 Å². The highest BCUT2D eigenvalue weighted by atomic mass is 32.2. The van der Waals surface area contributed by atoms with Crippen molar-refractivity contribution in [2.24, 2.45) is 0 Å². The molecule has 2 aliphatic heterocycles. The Hall–Kier alpha value is -0.280. The first kappa shape index (κ1) is 7.37. The fourth-order valence-corrected chi connectivity index (χ4v) is 2.63. The highest BCUT2D eigenvalue weighted by molar-refractivity contribution is 8.15. The van der Waals surface area contributed by atoms with Crippen molar-refractivity contribution < 1.29 is 4.79 Å².